The van der Waals surface area contributed by atoms with Crippen LogP contribution in [0.1, 0.15) is 24.1 Å². The van der Waals surface area contributed by atoms with Crippen LogP contribution in [0.25, 0.3) is 0 Å². The normalized spacial score (nSPS) is 28.1. The van der Waals surface area contributed by atoms with Crippen molar-refractivity contribution in [2.75, 3.05) is 33.3 Å². The number of methoxy groups -OCH3 is 1. The molecule has 0 aromatic heterocycles. The zero-order valence-corrected chi connectivity index (χ0v) is 11.3. The maximum Gasteiger partial charge on any atom is 0.119 e. The Hall–Kier alpha value is -1.06. The third-order valence-electron chi connectivity index (χ3n) is 4.30. The molecule has 0 amide bonds. The highest BCUT2D eigenvalue weighted by molar-refractivity contribution is 5.41. The topological polar surface area (TPSA) is 24.5 Å². The molecule has 2 atom stereocenters. The van der Waals surface area contributed by atoms with Gasteiger partial charge < -0.3 is 10.1 Å². The first-order valence-corrected chi connectivity index (χ1v) is 6.91. The molecule has 0 bridgehead atoms. The van der Waals surface area contributed by atoms with Gasteiger partial charge >= 0.3 is 0 Å². The van der Waals surface area contributed by atoms with E-state index in [4.69, 9.17) is 4.74 Å². The number of hydrogen-bond acceptors (Lipinski definition) is 3. The van der Waals surface area contributed by atoms with E-state index < -0.39 is 0 Å². The zero-order chi connectivity index (χ0) is 12.5. The van der Waals surface area contributed by atoms with E-state index in [2.05, 4.69) is 35.3 Å². The number of fused-ring (bicyclic) bond motifs is 1. The van der Waals surface area contributed by atoms with Crippen LogP contribution >= 0.6 is 0 Å². The van der Waals surface area contributed by atoms with E-state index in [-0.39, 0.29) is 0 Å². The Morgan fingerprint density at radius 2 is 2.06 bits per heavy atom. The Labute approximate surface area is 109 Å². The van der Waals surface area contributed by atoms with E-state index in [1.165, 1.54) is 17.5 Å². The van der Waals surface area contributed by atoms with Crippen LogP contribution in [0.2, 0.25) is 0 Å². The molecule has 1 aromatic rings. The molecule has 3 rings (SSSR count). The number of rotatable bonds is 2. The molecule has 1 aromatic carbocycles. The number of ether oxygens (including phenoxy) is 1. The van der Waals surface area contributed by atoms with Gasteiger partial charge in [0.05, 0.1) is 7.11 Å². The molecule has 2 aliphatic rings. The van der Waals surface area contributed by atoms with Crippen molar-refractivity contribution in [3.05, 3.63) is 29.3 Å². The minimum absolute atomic E-state index is 0.581. The fourth-order valence-electron chi connectivity index (χ4n) is 3.44. The van der Waals surface area contributed by atoms with Crippen molar-refractivity contribution < 1.29 is 4.74 Å². The fraction of sp³-hybridized carbons (Fsp3) is 0.600. The first-order valence-electron chi connectivity index (χ1n) is 6.91. The lowest BCUT2D eigenvalue weighted by Gasteiger charge is -2.35. The first kappa shape index (κ1) is 12.0. The van der Waals surface area contributed by atoms with Crippen molar-refractivity contribution >= 4 is 0 Å². The Kier molecular flexibility index (Phi) is 3.27. The largest absolute Gasteiger partial charge is 0.497 e. The van der Waals surface area contributed by atoms with E-state index in [1.54, 1.807) is 7.11 Å². The third kappa shape index (κ3) is 2.02. The van der Waals surface area contributed by atoms with Crippen LogP contribution in [0.3, 0.4) is 0 Å². The maximum atomic E-state index is 5.38. The quantitative estimate of drug-likeness (QED) is 0.861. The van der Waals surface area contributed by atoms with Crippen molar-refractivity contribution in [2.45, 2.75) is 19.4 Å². The first-order chi connectivity index (χ1) is 8.79. The summed E-state index contributed by atoms with van der Waals surface area (Å²) in [7, 11) is 1.75. The molecule has 0 radical (unpaired) electrons. The van der Waals surface area contributed by atoms with E-state index in [1.807, 2.05) is 0 Å². The summed E-state index contributed by atoms with van der Waals surface area (Å²) in [5, 5.41) is 3.43. The van der Waals surface area contributed by atoms with Crippen molar-refractivity contribution in [1.29, 1.82) is 0 Å². The monoisotopic (exact) mass is 246 g/mol. The van der Waals surface area contributed by atoms with E-state index >= 15 is 0 Å². The molecular weight excluding hydrogens is 224 g/mol. The second-order valence-electron chi connectivity index (χ2n) is 5.48. The maximum absolute atomic E-state index is 5.38. The summed E-state index contributed by atoms with van der Waals surface area (Å²) in [6.07, 6.45) is 1.20. The van der Waals surface area contributed by atoms with Crippen molar-refractivity contribution in [3.8, 4) is 5.75 Å². The molecule has 1 aliphatic heterocycles. The molecule has 1 aliphatic carbocycles. The van der Waals surface area contributed by atoms with Crippen LogP contribution in [-0.4, -0.2) is 38.2 Å². The van der Waals surface area contributed by atoms with Gasteiger partial charge in [-0.05, 0) is 35.6 Å². The van der Waals surface area contributed by atoms with Gasteiger partial charge in [-0.15, -0.1) is 0 Å². The van der Waals surface area contributed by atoms with Crippen LogP contribution in [0.4, 0.5) is 0 Å². The number of piperazine rings is 1. The summed E-state index contributed by atoms with van der Waals surface area (Å²) < 4.78 is 5.38. The Balaban J connectivity index is 1.91. The summed E-state index contributed by atoms with van der Waals surface area (Å²) in [5.74, 6) is 1.70. The van der Waals surface area contributed by atoms with Crippen LogP contribution in [0.15, 0.2) is 18.2 Å². The summed E-state index contributed by atoms with van der Waals surface area (Å²) in [6.45, 7) is 6.92. The fourth-order valence-corrected chi connectivity index (χ4v) is 3.44. The lowest BCUT2D eigenvalue weighted by molar-refractivity contribution is 0.141. The molecule has 0 saturated carbocycles. The van der Waals surface area contributed by atoms with Crippen molar-refractivity contribution in [1.82, 2.24) is 10.2 Å². The second kappa shape index (κ2) is 4.90. The van der Waals surface area contributed by atoms with Gasteiger partial charge in [0.1, 0.15) is 5.75 Å². The van der Waals surface area contributed by atoms with Gasteiger partial charge in [-0.25, -0.2) is 0 Å². The highest BCUT2D eigenvalue weighted by atomic mass is 16.5. The lowest BCUT2D eigenvalue weighted by atomic mass is 10.00. The molecule has 2 unspecified atom stereocenters. The SMILES string of the molecule is COc1ccc2c(c1)C(N1CCNCC1)C(C)C2. The summed E-state index contributed by atoms with van der Waals surface area (Å²) >= 11 is 0. The average Bonchev–Trinajstić information content (AvgIpc) is 2.74. The molecule has 3 heteroatoms. The van der Waals surface area contributed by atoms with Crippen molar-refractivity contribution in [2.24, 2.45) is 5.92 Å². The minimum atomic E-state index is 0.581. The molecule has 1 fully saturated rings. The molecule has 1 saturated heterocycles. The second-order valence-corrected chi connectivity index (χ2v) is 5.48. The van der Waals surface area contributed by atoms with E-state index in [9.17, 15) is 0 Å². The number of nitrogens with zero attached hydrogens (tertiary/aromatic N) is 1. The van der Waals surface area contributed by atoms with Crippen LogP contribution < -0.4 is 10.1 Å². The minimum Gasteiger partial charge on any atom is -0.497 e. The summed E-state index contributed by atoms with van der Waals surface area (Å²) in [5.41, 5.74) is 3.00. The van der Waals surface area contributed by atoms with Crippen molar-refractivity contribution in [3.63, 3.8) is 0 Å². The van der Waals surface area contributed by atoms with Crippen LogP contribution in [0.5, 0.6) is 5.75 Å². The average molecular weight is 246 g/mol. The number of hydrogen-bond donors (Lipinski definition) is 1. The van der Waals surface area contributed by atoms with Crippen LogP contribution in [0, 0.1) is 5.92 Å². The molecule has 18 heavy (non-hydrogen) atoms. The Morgan fingerprint density at radius 1 is 1.28 bits per heavy atom. The van der Waals surface area contributed by atoms with Gasteiger partial charge in [-0.3, -0.25) is 4.90 Å². The predicted molar refractivity (Wildman–Crippen MR) is 73.0 cm³/mol. The van der Waals surface area contributed by atoms with Gasteiger partial charge in [-0.2, -0.15) is 0 Å². The summed E-state index contributed by atoms with van der Waals surface area (Å²) in [6, 6.07) is 7.15. The summed E-state index contributed by atoms with van der Waals surface area (Å²) in [4.78, 5) is 2.63. The van der Waals surface area contributed by atoms with Gasteiger partial charge in [-0.1, -0.05) is 13.0 Å². The Bertz CT molecular complexity index is 427. The molecule has 1 N–H and O–H groups in total. The molecule has 98 valence electrons. The van der Waals surface area contributed by atoms with Gasteiger partial charge in [0.15, 0.2) is 0 Å². The third-order valence-corrected chi connectivity index (χ3v) is 4.30. The molecular formula is C15H22N2O. The standard InChI is InChI=1S/C15H22N2O/c1-11-9-12-3-4-13(18-2)10-14(12)15(11)17-7-5-16-6-8-17/h3-4,10-11,15-16H,5-9H2,1-2H3. The van der Waals surface area contributed by atoms with Gasteiger partial charge in [0, 0.05) is 32.2 Å². The Morgan fingerprint density at radius 3 is 2.78 bits per heavy atom. The van der Waals surface area contributed by atoms with Gasteiger partial charge in [0.25, 0.3) is 0 Å². The highest BCUT2D eigenvalue weighted by Crippen LogP contribution is 2.41. The lowest BCUT2D eigenvalue weighted by Crippen LogP contribution is -2.45. The molecule has 0 spiro atoms. The predicted octanol–water partition coefficient (Wildman–Crippen LogP) is 1.83. The zero-order valence-electron chi connectivity index (χ0n) is 11.3. The van der Waals surface area contributed by atoms with E-state index in [0.717, 1.165) is 31.9 Å². The smallest absolute Gasteiger partial charge is 0.119 e. The van der Waals surface area contributed by atoms with E-state index in [0.29, 0.717) is 12.0 Å². The molecule has 3 nitrogen and oxygen atoms in total. The number of benzene rings is 1. The highest BCUT2D eigenvalue weighted by Gasteiger charge is 2.34. The van der Waals surface area contributed by atoms with Crippen LogP contribution in [-0.2, 0) is 6.42 Å². The molecule has 1 heterocycles. The number of nitrogens with one attached hydrogen (secondary N) is 1. The van der Waals surface area contributed by atoms with Gasteiger partial charge in [0.2, 0.25) is 0 Å².